The number of rotatable bonds is 5. The fourth-order valence-electron chi connectivity index (χ4n) is 4.90. The van der Waals surface area contributed by atoms with Crippen LogP contribution in [0.2, 0.25) is 0 Å². The Bertz CT molecular complexity index is 754. The van der Waals surface area contributed by atoms with E-state index in [0.29, 0.717) is 18.3 Å². The summed E-state index contributed by atoms with van der Waals surface area (Å²) in [5.41, 5.74) is 2.08. The van der Waals surface area contributed by atoms with Gasteiger partial charge >= 0.3 is 12.3 Å². The maximum Gasteiger partial charge on any atom is 0.573 e. The molecule has 3 nitrogen and oxygen atoms in total. The molecule has 0 unspecified atom stereocenters. The fourth-order valence-corrected chi connectivity index (χ4v) is 4.90. The molecule has 2 aliphatic rings. The van der Waals surface area contributed by atoms with Gasteiger partial charge in [-0.25, -0.2) is 4.39 Å². The Balaban J connectivity index is 1.48. The largest absolute Gasteiger partial charge is 0.573 e. The lowest BCUT2D eigenvalue weighted by Gasteiger charge is -2.36. The number of benzene rings is 1. The predicted molar refractivity (Wildman–Crippen MR) is 104 cm³/mol. The summed E-state index contributed by atoms with van der Waals surface area (Å²) in [6.07, 6.45) is 5.69. The molecule has 0 aliphatic heterocycles. The second kappa shape index (κ2) is 9.84. The van der Waals surface area contributed by atoms with E-state index in [4.69, 9.17) is 0 Å². The van der Waals surface area contributed by atoms with Crippen molar-refractivity contribution in [3.05, 3.63) is 41.2 Å². The van der Waals surface area contributed by atoms with Crippen LogP contribution in [-0.2, 0) is 9.53 Å². The summed E-state index contributed by atoms with van der Waals surface area (Å²) < 4.78 is 59.3. The Morgan fingerprint density at radius 2 is 1.70 bits per heavy atom. The van der Waals surface area contributed by atoms with E-state index >= 15 is 0 Å². The number of carbonyl (C=O) groups excluding carboxylic acids is 1. The highest BCUT2D eigenvalue weighted by atomic mass is 19.4. The normalized spacial score (nSPS) is 25.0. The molecule has 2 fully saturated rings. The molecule has 30 heavy (non-hydrogen) atoms. The topological polar surface area (TPSA) is 35.5 Å². The molecule has 3 rings (SSSR count). The maximum atomic E-state index is 14.0. The molecule has 0 saturated heterocycles. The zero-order valence-corrected chi connectivity index (χ0v) is 17.1. The average molecular weight is 428 g/mol. The van der Waals surface area contributed by atoms with E-state index in [-0.39, 0.29) is 11.9 Å². The van der Waals surface area contributed by atoms with Gasteiger partial charge in [0.25, 0.3) is 0 Å². The molecule has 2 aliphatic carbocycles. The summed E-state index contributed by atoms with van der Waals surface area (Å²) in [6.45, 7) is 0. The van der Waals surface area contributed by atoms with Crippen molar-refractivity contribution >= 4 is 5.97 Å². The van der Waals surface area contributed by atoms with Gasteiger partial charge in [0.2, 0.25) is 0 Å². The van der Waals surface area contributed by atoms with Crippen LogP contribution in [0.5, 0.6) is 5.75 Å². The molecule has 0 amide bonds. The molecule has 0 radical (unpaired) electrons. The Morgan fingerprint density at radius 1 is 1.07 bits per heavy atom. The van der Waals surface area contributed by atoms with Crippen LogP contribution < -0.4 is 4.74 Å². The molecule has 7 heteroatoms. The van der Waals surface area contributed by atoms with Crippen molar-refractivity contribution in [2.75, 3.05) is 7.11 Å². The lowest BCUT2D eigenvalue weighted by molar-refractivity contribution is -0.275. The SMILES string of the molecule is COC(=O)CC=C1CCC(C2CCC(c3ccc(OC(F)(F)F)c(F)c3)CC2)CC1. The molecule has 0 aromatic heterocycles. The van der Waals surface area contributed by atoms with Crippen LogP contribution in [0.15, 0.2) is 29.8 Å². The molecule has 0 bridgehead atoms. The van der Waals surface area contributed by atoms with Crippen LogP contribution in [0.25, 0.3) is 0 Å². The number of alkyl halides is 3. The summed E-state index contributed by atoms with van der Waals surface area (Å²) in [6, 6.07) is 3.81. The number of hydrogen-bond donors (Lipinski definition) is 0. The number of ether oxygens (including phenoxy) is 2. The zero-order valence-electron chi connectivity index (χ0n) is 17.1. The van der Waals surface area contributed by atoms with E-state index in [0.717, 1.165) is 63.0 Å². The van der Waals surface area contributed by atoms with Crippen LogP contribution in [0.1, 0.15) is 69.3 Å². The highest BCUT2D eigenvalue weighted by Gasteiger charge is 2.33. The first kappa shape index (κ1) is 22.6. The highest BCUT2D eigenvalue weighted by molar-refractivity contribution is 5.71. The Morgan fingerprint density at radius 3 is 2.27 bits per heavy atom. The van der Waals surface area contributed by atoms with Gasteiger partial charge in [0.1, 0.15) is 0 Å². The monoisotopic (exact) mass is 428 g/mol. The van der Waals surface area contributed by atoms with Gasteiger partial charge in [-0.1, -0.05) is 17.7 Å². The maximum absolute atomic E-state index is 14.0. The molecular weight excluding hydrogens is 400 g/mol. The molecule has 0 atom stereocenters. The van der Waals surface area contributed by atoms with E-state index < -0.39 is 17.9 Å². The summed E-state index contributed by atoms with van der Waals surface area (Å²) in [7, 11) is 1.40. The minimum absolute atomic E-state index is 0.176. The van der Waals surface area contributed by atoms with Crippen molar-refractivity contribution in [3.63, 3.8) is 0 Å². The van der Waals surface area contributed by atoms with Crippen molar-refractivity contribution < 1.29 is 31.8 Å². The van der Waals surface area contributed by atoms with Gasteiger partial charge in [0, 0.05) is 0 Å². The number of methoxy groups -OCH3 is 1. The lowest BCUT2D eigenvalue weighted by atomic mass is 9.69. The molecule has 1 aromatic carbocycles. The van der Waals surface area contributed by atoms with Gasteiger partial charge in [0.05, 0.1) is 13.5 Å². The molecular formula is C23H28F4O3. The average Bonchev–Trinajstić information content (AvgIpc) is 2.73. The van der Waals surface area contributed by atoms with Crippen LogP contribution in [-0.4, -0.2) is 19.4 Å². The van der Waals surface area contributed by atoms with Gasteiger partial charge in [0.15, 0.2) is 11.6 Å². The van der Waals surface area contributed by atoms with Gasteiger partial charge in [-0.2, -0.15) is 0 Å². The third-order valence-electron chi connectivity index (χ3n) is 6.55. The van der Waals surface area contributed by atoms with Gasteiger partial charge in [-0.05, 0) is 86.8 Å². The predicted octanol–water partition coefficient (Wildman–Crippen LogP) is 6.68. The molecule has 0 N–H and O–H groups in total. The molecule has 166 valence electrons. The lowest BCUT2D eigenvalue weighted by Crippen LogP contribution is -2.23. The van der Waals surface area contributed by atoms with Gasteiger partial charge in [-0.3, -0.25) is 4.79 Å². The Kier molecular flexibility index (Phi) is 7.42. The highest BCUT2D eigenvalue weighted by Crippen LogP contribution is 2.44. The van der Waals surface area contributed by atoms with Gasteiger partial charge in [-0.15, -0.1) is 13.2 Å². The number of carbonyl (C=O) groups is 1. The second-order valence-electron chi connectivity index (χ2n) is 8.33. The Hall–Kier alpha value is -2.05. The van der Waals surface area contributed by atoms with Crippen LogP contribution in [0, 0.1) is 17.7 Å². The minimum Gasteiger partial charge on any atom is -0.469 e. The number of esters is 1. The number of halogens is 4. The first-order chi connectivity index (χ1) is 14.2. The quantitative estimate of drug-likeness (QED) is 0.298. The van der Waals surface area contributed by atoms with Crippen molar-refractivity contribution in [1.29, 1.82) is 0 Å². The summed E-state index contributed by atoms with van der Waals surface area (Å²) >= 11 is 0. The number of allylic oxidation sites excluding steroid dienone is 1. The minimum atomic E-state index is -4.89. The van der Waals surface area contributed by atoms with E-state index in [2.05, 4.69) is 9.47 Å². The number of hydrogen-bond acceptors (Lipinski definition) is 3. The fraction of sp³-hybridized carbons (Fsp3) is 0.609. The van der Waals surface area contributed by atoms with Crippen LogP contribution in [0.4, 0.5) is 17.6 Å². The molecule has 0 heterocycles. The first-order valence-electron chi connectivity index (χ1n) is 10.5. The standard InChI is InChI=1S/C23H28F4O3/c1-29-22(28)13-4-15-2-5-16(6-3-15)17-7-9-18(10-8-17)19-11-12-21(20(24)14-19)30-23(25,26)27/h4,11-12,14,16-18H,2-3,5-10,13H2,1H3. The van der Waals surface area contributed by atoms with Crippen molar-refractivity contribution in [2.24, 2.45) is 11.8 Å². The summed E-state index contributed by atoms with van der Waals surface area (Å²) in [5, 5.41) is 0. The van der Waals surface area contributed by atoms with E-state index in [9.17, 15) is 22.4 Å². The smallest absolute Gasteiger partial charge is 0.469 e. The molecule has 0 spiro atoms. The Labute approximate surface area is 174 Å². The second-order valence-corrected chi connectivity index (χ2v) is 8.33. The van der Waals surface area contributed by atoms with Crippen molar-refractivity contribution in [1.82, 2.24) is 0 Å². The zero-order chi connectivity index (χ0) is 21.7. The van der Waals surface area contributed by atoms with Gasteiger partial charge < -0.3 is 9.47 Å². The first-order valence-corrected chi connectivity index (χ1v) is 10.5. The van der Waals surface area contributed by atoms with E-state index in [1.165, 1.54) is 18.7 Å². The third kappa shape index (κ3) is 6.22. The van der Waals surface area contributed by atoms with Crippen molar-refractivity contribution in [3.8, 4) is 5.75 Å². The molecule has 2 saturated carbocycles. The van der Waals surface area contributed by atoms with Crippen LogP contribution >= 0.6 is 0 Å². The van der Waals surface area contributed by atoms with Crippen molar-refractivity contribution in [2.45, 2.75) is 70.1 Å². The van der Waals surface area contributed by atoms with Crippen LogP contribution in [0.3, 0.4) is 0 Å². The summed E-state index contributed by atoms with van der Waals surface area (Å²) in [4.78, 5) is 11.3. The molecule has 1 aromatic rings. The van der Waals surface area contributed by atoms with E-state index in [1.807, 2.05) is 6.08 Å². The van der Waals surface area contributed by atoms with E-state index in [1.54, 1.807) is 6.07 Å². The third-order valence-corrected chi connectivity index (χ3v) is 6.55. The summed E-state index contributed by atoms with van der Waals surface area (Å²) in [5.74, 6) is -0.475.